The van der Waals surface area contributed by atoms with Crippen LogP contribution in [0.15, 0.2) is 17.5 Å². The first kappa shape index (κ1) is 12.2. The number of anilines is 1. The first-order chi connectivity index (χ1) is 8.02. The van der Waals surface area contributed by atoms with Gasteiger partial charge in [0.15, 0.2) is 5.69 Å². The van der Waals surface area contributed by atoms with Crippen molar-refractivity contribution in [2.45, 2.75) is 0 Å². The Balaban J connectivity index is 2.73. The molecule has 0 fully saturated rings. The summed E-state index contributed by atoms with van der Waals surface area (Å²) in [5, 5.41) is 10.8. The third kappa shape index (κ3) is 2.09. The van der Waals surface area contributed by atoms with Gasteiger partial charge in [-0.2, -0.15) is 0 Å². The van der Waals surface area contributed by atoms with Crippen LogP contribution in [0.4, 0.5) is 5.69 Å². The molecule has 2 aromatic heterocycles. The molecule has 2 aromatic rings. The molecule has 0 radical (unpaired) electrons. The van der Waals surface area contributed by atoms with Gasteiger partial charge in [0.05, 0.1) is 20.6 Å². The van der Waals surface area contributed by atoms with Gasteiger partial charge in [-0.3, -0.25) is 0 Å². The Morgan fingerprint density at radius 1 is 1.41 bits per heavy atom. The first-order valence-corrected chi connectivity index (χ1v) is 6.07. The summed E-state index contributed by atoms with van der Waals surface area (Å²) in [4.78, 5) is 15.6. The molecule has 0 unspecified atom stereocenters. The number of aromatic nitrogens is 1. The Morgan fingerprint density at radius 3 is 2.65 bits per heavy atom. The fourth-order valence-electron chi connectivity index (χ4n) is 1.28. The number of halogens is 2. The third-order valence-electron chi connectivity index (χ3n) is 2.07. The number of nitrogen functional groups attached to an aromatic ring is 1. The van der Waals surface area contributed by atoms with Gasteiger partial charge in [-0.1, -0.05) is 29.3 Å². The topological polar surface area (TPSA) is 76.2 Å². The summed E-state index contributed by atoms with van der Waals surface area (Å²) in [6.45, 7) is 0. The zero-order valence-electron chi connectivity index (χ0n) is 8.28. The average molecular weight is 289 g/mol. The maximum atomic E-state index is 11.0. The van der Waals surface area contributed by atoms with Crippen LogP contribution in [-0.4, -0.2) is 16.1 Å². The van der Waals surface area contributed by atoms with Gasteiger partial charge in [0.25, 0.3) is 0 Å². The Labute approximate surface area is 111 Å². The Hall–Kier alpha value is -1.30. The minimum absolute atomic E-state index is 0.0316. The molecule has 0 aliphatic heterocycles. The van der Waals surface area contributed by atoms with Crippen molar-refractivity contribution in [3.8, 4) is 10.6 Å². The summed E-state index contributed by atoms with van der Waals surface area (Å²) in [5.74, 6) is -1.24. The summed E-state index contributed by atoms with van der Waals surface area (Å²) in [7, 11) is 0. The van der Waals surface area contributed by atoms with Gasteiger partial charge in [0.1, 0.15) is 5.69 Å². The normalized spacial score (nSPS) is 10.5. The molecule has 0 aromatic carbocycles. The van der Waals surface area contributed by atoms with Crippen LogP contribution in [0.25, 0.3) is 10.6 Å². The second-order valence-electron chi connectivity index (χ2n) is 3.13. The monoisotopic (exact) mass is 288 g/mol. The standard InChI is InChI=1S/C10H6Cl2N2O2S/c11-5-7(13)6(12)9(10(15)16)14-8(5)4-2-1-3-17-4/h1-3H,(H2,13,14)(H,15,16). The zero-order chi connectivity index (χ0) is 12.6. The Bertz CT molecular complexity index is 584. The maximum absolute atomic E-state index is 11.0. The van der Waals surface area contributed by atoms with E-state index in [1.807, 2.05) is 11.4 Å². The van der Waals surface area contributed by atoms with Crippen LogP contribution in [0.3, 0.4) is 0 Å². The molecule has 0 aliphatic rings. The van der Waals surface area contributed by atoms with Gasteiger partial charge in [0, 0.05) is 0 Å². The SMILES string of the molecule is Nc1c(Cl)c(C(=O)O)nc(-c2cccs2)c1Cl. The van der Waals surface area contributed by atoms with E-state index in [1.165, 1.54) is 11.3 Å². The molecule has 2 rings (SSSR count). The van der Waals surface area contributed by atoms with Gasteiger partial charge < -0.3 is 10.8 Å². The van der Waals surface area contributed by atoms with Crippen LogP contribution in [0, 0.1) is 0 Å². The molecule has 0 amide bonds. The minimum Gasteiger partial charge on any atom is -0.476 e. The highest BCUT2D eigenvalue weighted by molar-refractivity contribution is 7.13. The van der Waals surface area contributed by atoms with Crippen LogP contribution in [0.2, 0.25) is 10.0 Å². The van der Waals surface area contributed by atoms with E-state index in [0.717, 1.165) is 4.88 Å². The average Bonchev–Trinajstić information content (AvgIpc) is 2.79. The molecular formula is C10H6Cl2N2O2S. The van der Waals surface area contributed by atoms with Crippen LogP contribution in [0.5, 0.6) is 0 Å². The molecule has 0 aliphatic carbocycles. The number of carboxylic acid groups (broad SMARTS) is 1. The molecule has 3 N–H and O–H groups in total. The second-order valence-corrected chi connectivity index (χ2v) is 4.84. The lowest BCUT2D eigenvalue weighted by molar-refractivity contribution is 0.0691. The fourth-order valence-corrected chi connectivity index (χ4v) is 2.56. The second kappa shape index (κ2) is 4.52. The molecule has 0 saturated heterocycles. The van der Waals surface area contributed by atoms with E-state index < -0.39 is 5.97 Å². The quantitative estimate of drug-likeness (QED) is 0.888. The summed E-state index contributed by atoms with van der Waals surface area (Å²) >= 11 is 13.2. The van der Waals surface area contributed by atoms with E-state index in [1.54, 1.807) is 6.07 Å². The minimum atomic E-state index is -1.24. The molecule has 0 atom stereocenters. The first-order valence-electron chi connectivity index (χ1n) is 4.44. The Morgan fingerprint density at radius 2 is 2.12 bits per heavy atom. The van der Waals surface area contributed by atoms with Crippen LogP contribution in [0.1, 0.15) is 10.5 Å². The van der Waals surface area contributed by atoms with Gasteiger partial charge in [-0.25, -0.2) is 9.78 Å². The highest BCUT2D eigenvalue weighted by Gasteiger charge is 2.20. The smallest absolute Gasteiger partial charge is 0.356 e. The number of carbonyl (C=O) groups is 1. The number of pyridine rings is 1. The Kier molecular flexibility index (Phi) is 3.24. The molecular weight excluding hydrogens is 283 g/mol. The molecule has 0 bridgehead atoms. The van der Waals surface area contributed by atoms with Crippen molar-refractivity contribution in [3.05, 3.63) is 33.3 Å². The number of rotatable bonds is 2. The van der Waals surface area contributed by atoms with E-state index >= 15 is 0 Å². The number of hydrogen-bond donors (Lipinski definition) is 2. The fraction of sp³-hybridized carbons (Fsp3) is 0. The number of thiophene rings is 1. The van der Waals surface area contributed by atoms with Crippen molar-refractivity contribution >= 4 is 46.2 Å². The predicted octanol–water partition coefficient (Wildman–Crippen LogP) is 3.40. The number of hydrogen-bond acceptors (Lipinski definition) is 4. The molecule has 0 spiro atoms. The summed E-state index contributed by atoms with van der Waals surface area (Å²) in [6.07, 6.45) is 0. The molecule has 0 saturated carbocycles. The molecule has 4 nitrogen and oxygen atoms in total. The predicted molar refractivity (Wildman–Crippen MR) is 68.9 cm³/mol. The lowest BCUT2D eigenvalue weighted by Gasteiger charge is -2.08. The molecule has 17 heavy (non-hydrogen) atoms. The van der Waals surface area contributed by atoms with Crippen LogP contribution < -0.4 is 5.73 Å². The van der Waals surface area contributed by atoms with E-state index in [-0.39, 0.29) is 21.4 Å². The summed E-state index contributed by atoms with van der Waals surface area (Å²) in [6, 6.07) is 3.58. The zero-order valence-corrected chi connectivity index (χ0v) is 10.6. The van der Waals surface area contributed by atoms with Gasteiger partial charge in [-0.15, -0.1) is 11.3 Å². The summed E-state index contributed by atoms with van der Waals surface area (Å²) in [5.41, 5.74) is 5.74. The van der Waals surface area contributed by atoms with Crippen molar-refractivity contribution in [2.75, 3.05) is 5.73 Å². The number of nitrogens with zero attached hydrogens (tertiary/aromatic N) is 1. The highest BCUT2D eigenvalue weighted by Crippen LogP contribution is 2.38. The van der Waals surface area contributed by atoms with Gasteiger partial charge in [-0.05, 0) is 11.4 Å². The lowest BCUT2D eigenvalue weighted by atomic mass is 10.2. The van der Waals surface area contributed by atoms with E-state index in [9.17, 15) is 4.79 Å². The number of carboxylic acids is 1. The third-order valence-corrected chi connectivity index (χ3v) is 3.71. The molecule has 2 heterocycles. The van der Waals surface area contributed by atoms with Crippen LogP contribution >= 0.6 is 34.5 Å². The van der Waals surface area contributed by atoms with Gasteiger partial charge in [0.2, 0.25) is 0 Å². The van der Waals surface area contributed by atoms with Crippen molar-refractivity contribution in [1.29, 1.82) is 0 Å². The van der Waals surface area contributed by atoms with Crippen molar-refractivity contribution in [2.24, 2.45) is 0 Å². The highest BCUT2D eigenvalue weighted by atomic mass is 35.5. The number of aromatic carboxylic acids is 1. The van der Waals surface area contributed by atoms with Gasteiger partial charge >= 0.3 is 5.97 Å². The lowest BCUT2D eigenvalue weighted by Crippen LogP contribution is -2.06. The summed E-state index contributed by atoms with van der Waals surface area (Å²) < 4.78 is 0. The van der Waals surface area contributed by atoms with Crippen molar-refractivity contribution in [3.63, 3.8) is 0 Å². The van der Waals surface area contributed by atoms with Crippen LogP contribution in [-0.2, 0) is 0 Å². The van der Waals surface area contributed by atoms with E-state index in [0.29, 0.717) is 5.69 Å². The van der Waals surface area contributed by atoms with Crippen molar-refractivity contribution < 1.29 is 9.90 Å². The maximum Gasteiger partial charge on any atom is 0.356 e. The number of nitrogens with two attached hydrogens (primary N) is 1. The molecule has 7 heteroatoms. The van der Waals surface area contributed by atoms with E-state index in [2.05, 4.69) is 4.98 Å². The largest absolute Gasteiger partial charge is 0.476 e. The van der Waals surface area contributed by atoms with Crippen molar-refractivity contribution in [1.82, 2.24) is 4.98 Å². The van der Waals surface area contributed by atoms with E-state index in [4.69, 9.17) is 34.0 Å². The molecule has 88 valence electrons.